The largest absolute Gasteiger partial charge is 0.444 e. The van der Waals surface area contributed by atoms with Crippen molar-refractivity contribution in [2.45, 2.75) is 45.3 Å². The molecule has 0 spiro atoms. The van der Waals surface area contributed by atoms with Gasteiger partial charge in [-0.1, -0.05) is 6.07 Å². The molecular formula is C23H25FN4O3. The number of aldehydes is 1. The van der Waals surface area contributed by atoms with Gasteiger partial charge in [0.15, 0.2) is 6.29 Å². The van der Waals surface area contributed by atoms with Gasteiger partial charge in [-0.25, -0.2) is 9.18 Å². The number of rotatable bonds is 4. The highest BCUT2D eigenvalue weighted by atomic mass is 19.1. The number of hydrogen-bond donors (Lipinski definition) is 1. The van der Waals surface area contributed by atoms with Crippen LogP contribution in [-0.2, 0) is 4.74 Å². The number of pyridine rings is 1. The van der Waals surface area contributed by atoms with Crippen LogP contribution in [0.5, 0.6) is 0 Å². The van der Waals surface area contributed by atoms with Crippen LogP contribution < -0.4 is 10.2 Å². The molecule has 1 unspecified atom stereocenters. The highest BCUT2D eigenvalue weighted by Crippen LogP contribution is 2.37. The maximum absolute atomic E-state index is 13.8. The van der Waals surface area contributed by atoms with E-state index in [0.29, 0.717) is 41.9 Å². The number of nitrogens with zero attached hydrogens (tertiary/aromatic N) is 3. The minimum Gasteiger partial charge on any atom is -0.444 e. The molecule has 1 saturated heterocycles. The van der Waals surface area contributed by atoms with E-state index in [9.17, 15) is 19.2 Å². The molecule has 0 saturated carbocycles. The zero-order valence-electron chi connectivity index (χ0n) is 18.0. The molecule has 1 aliphatic rings. The van der Waals surface area contributed by atoms with Crippen LogP contribution in [0, 0.1) is 17.1 Å². The van der Waals surface area contributed by atoms with Crippen molar-refractivity contribution in [3.63, 3.8) is 0 Å². The molecule has 7 nitrogen and oxygen atoms in total. The lowest BCUT2D eigenvalue weighted by atomic mass is 10.00. The average molecular weight is 424 g/mol. The number of ether oxygens (including phenoxy) is 1. The Hall–Kier alpha value is -3.47. The molecule has 8 heteroatoms. The second kappa shape index (κ2) is 8.34. The van der Waals surface area contributed by atoms with Crippen molar-refractivity contribution in [1.29, 1.82) is 5.26 Å². The third kappa shape index (κ3) is 5.00. The number of carbonyl (C=O) groups is 2. The van der Waals surface area contributed by atoms with Crippen molar-refractivity contribution in [2.24, 2.45) is 0 Å². The molecule has 162 valence electrons. The normalized spacial score (nSPS) is 18.4. The summed E-state index contributed by atoms with van der Waals surface area (Å²) < 4.78 is 19.2. The molecule has 1 aliphatic heterocycles. The van der Waals surface area contributed by atoms with Gasteiger partial charge in [0, 0.05) is 31.0 Å². The first-order chi connectivity index (χ1) is 14.5. The summed E-state index contributed by atoms with van der Waals surface area (Å²) in [5, 5.41) is 12.1. The van der Waals surface area contributed by atoms with E-state index in [1.54, 1.807) is 33.0 Å². The summed E-state index contributed by atoms with van der Waals surface area (Å²) in [6.45, 7) is 8.34. The molecule has 1 atom stereocenters. The standard InChI is InChI=1S/C23H25FN4O3/c1-22(2,3)31-21(30)27-23(4)7-8-28(14-23)20-17(13-29)11-26-12-18(20)15-5-6-19(24)16(9-15)10-25/h5-6,9,11-13H,7-8,14H2,1-4H3,(H,27,30). The Kier molecular flexibility index (Phi) is 5.98. The quantitative estimate of drug-likeness (QED) is 0.744. The van der Waals surface area contributed by atoms with Crippen molar-refractivity contribution in [2.75, 3.05) is 18.0 Å². The van der Waals surface area contributed by atoms with E-state index in [2.05, 4.69) is 10.3 Å². The number of nitriles is 1. The fraction of sp³-hybridized carbons (Fsp3) is 0.391. The van der Waals surface area contributed by atoms with Crippen LogP contribution in [0.15, 0.2) is 30.6 Å². The van der Waals surface area contributed by atoms with E-state index in [4.69, 9.17) is 4.74 Å². The summed E-state index contributed by atoms with van der Waals surface area (Å²) in [5.41, 5.74) is 0.946. The maximum atomic E-state index is 13.8. The number of halogens is 1. The van der Waals surface area contributed by atoms with Crippen LogP contribution in [0.4, 0.5) is 14.9 Å². The topological polar surface area (TPSA) is 95.3 Å². The molecule has 1 N–H and O–H groups in total. The number of alkyl carbamates (subject to hydrolysis) is 1. The first-order valence-corrected chi connectivity index (χ1v) is 9.94. The fourth-order valence-electron chi connectivity index (χ4n) is 3.70. The summed E-state index contributed by atoms with van der Waals surface area (Å²) in [7, 11) is 0. The highest BCUT2D eigenvalue weighted by Gasteiger charge is 2.38. The number of amides is 1. The van der Waals surface area contributed by atoms with Crippen LogP contribution in [0.1, 0.15) is 50.0 Å². The van der Waals surface area contributed by atoms with Crippen molar-refractivity contribution in [3.05, 3.63) is 47.5 Å². The van der Waals surface area contributed by atoms with Crippen LogP contribution >= 0.6 is 0 Å². The second-order valence-corrected chi connectivity index (χ2v) is 8.91. The highest BCUT2D eigenvalue weighted by molar-refractivity contribution is 5.93. The zero-order chi connectivity index (χ0) is 22.8. The second-order valence-electron chi connectivity index (χ2n) is 8.91. The van der Waals surface area contributed by atoms with Gasteiger partial charge in [-0.15, -0.1) is 0 Å². The van der Waals surface area contributed by atoms with Gasteiger partial charge in [-0.2, -0.15) is 5.26 Å². The number of anilines is 1. The van der Waals surface area contributed by atoms with Gasteiger partial charge in [0.1, 0.15) is 17.5 Å². The monoisotopic (exact) mass is 424 g/mol. The minimum absolute atomic E-state index is 0.0854. The van der Waals surface area contributed by atoms with Crippen molar-refractivity contribution < 1.29 is 18.7 Å². The summed E-state index contributed by atoms with van der Waals surface area (Å²) >= 11 is 0. The zero-order valence-corrected chi connectivity index (χ0v) is 18.0. The molecule has 1 aromatic carbocycles. The Balaban J connectivity index is 1.94. The van der Waals surface area contributed by atoms with Crippen molar-refractivity contribution >= 4 is 18.1 Å². The SMILES string of the molecule is CC1(NC(=O)OC(C)(C)C)CCN(c2c(C=O)cncc2-c2ccc(F)c(C#N)c2)C1. The molecule has 31 heavy (non-hydrogen) atoms. The Labute approximate surface area is 180 Å². The lowest BCUT2D eigenvalue weighted by molar-refractivity contribution is 0.0473. The van der Waals surface area contributed by atoms with E-state index in [1.165, 1.54) is 18.3 Å². The van der Waals surface area contributed by atoms with Gasteiger partial charge in [-0.3, -0.25) is 9.78 Å². The summed E-state index contributed by atoms with van der Waals surface area (Å²) in [4.78, 5) is 30.2. The van der Waals surface area contributed by atoms with E-state index in [1.807, 2.05) is 17.9 Å². The molecule has 0 aliphatic carbocycles. The number of carbonyl (C=O) groups excluding carboxylic acids is 2. The molecule has 3 rings (SSSR count). The number of aromatic nitrogens is 1. The molecule has 0 bridgehead atoms. The molecule has 2 aromatic rings. The van der Waals surface area contributed by atoms with Crippen LogP contribution in [-0.4, -0.2) is 41.6 Å². The van der Waals surface area contributed by atoms with Gasteiger partial charge in [0.05, 0.1) is 22.4 Å². The average Bonchev–Trinajstić information content (AvgIpc) is 3.07. The number of benzene rings is 1. The molecular weight excluding hydrogens is 399 g/mol. The summed E-state index contributed by atoms with van der Waals surface area (Å²) in [5.74, 6) is -0.609. The maximum Gasteiger partial charge on any atom is 0.408 e. The molecule has 1 fully saturated rings. The van der Waals surface area contributed by atoms with E-state index >= 15 is 0 Å². The minimum atomic E-state index is -0.609. The van der Waals surface area contributed by atoms with Crippen LogP contribution in [0.25, 0.3) is 11.1 Å². The first-order valence-electron chi connectivity index (χ1n) is 9.94. The predicted octanol–water partition coefficient (Wildman–Crippen LogP) is 4.07. The number of nitrogens with one attached hydrogen (secondary N) is 1. The first kappa shape index (κ1) is 22.2. The van der Waals surface area contributed by atoms with Crippen LogP contribution in [0.3, 0.4) is 0 Å². The predicted molar refractivity (Wildman–Crippen MR) is 114 cm³/mol. The third-order valence-corrected chi connectivity index (χ3v) is 5.06. The Morgan fingerprint density at radius 2 is 2.13 bits per heavy atom. The van der Waals surface area contributed by atoms with Gasteiger partial charge in [0.2, 0.25) is 0 Å². The van der Waals surface area contributed by atoms with E-state index < -0.39 is 23.1 Å². The lowest BCUT2D eigenvalue weighted by Gasteiger charge is -2.30. The van der Waals surface area contributed by atoms with Crippen molar-refractivity contribution in [3.8, 4) is 17.2 Å². The van der Waals surface area contributed by atoms with Gasteiger partial charge >= 0.3 is 6.09 Å². The Morgan fingerprint density at radius 1 is 1.39 bits per heavy atom. The Bertz CT molecular complexity index is 1060. The van der Waals surface area contributed by atoms with Gasteiger partial charge in [-0.05, 0) is 51.8 Å². The fourth-order valence-corrected chi connectivity index (χ4v) is 3.70. The summed E-state index contributed by atoms with van der Waals surface area (Å²) in [6.07, 6.45) is 3.92. The molecule has 1 amide bonds. The van der Waals surface area contributed by atoms with E-state index in [0.717, 1.165) is 6.29 Å². The summed E-state index contributed by atoms with van der Waals surface area (Å²) in [6, 6.07) is 6.06. The smallest absolute Gasteiger partial charge is 0.408 e. The van der Waals surface area contributed by atoms with Crippen LogP contribution in [0.2, 0.25) is 0 Å². The Morgan fingerprint density at radius 3 is 2.77 bits per heavy atom. The lowest BCUT2D eigenvalue weighted by Crippen LogP contribution is -2.49. The van der Waals surface area contributed by atoms with E-state index in [-0.39, 0.29) is 5.56 Å². The van der Waals surface area contributed by atoms with Crippen molar-refractivity contribution in [1.82, 2.24) is 10.3 Å². The molecule has 2 heterocycles. The molecule has 0 radical (unpaired) electrons. The van der Waals surface area contributed by atoms with Gasteiger partial charge < -0.3 is 15.0 Å². The molecule has 1 aromatic heterocycles. The number of hydrogen-bond acceptors (Lipinski definition) is 6. The third-order valence-electron chi connectivity index (χ3n) is 5.06. The van der Waals surface area contributed by atoms with Gasteiger partial charge in [0.25, 0.3) is 0 Å².